The van der Waals surface area contributed by atoms with Gasteiger partial charge in [0.15, 0.2) is 0 Å². The standard InChI is InChI=1S/C17H32N4/c1-5-21(6-2)17(12-7-8-13-17)16(18-3)10-9-15-11-14-19-20(15)4/h11,14,16,18H,5-10,12-13H2,1-4H3. The first-order valence-electron chi connectivity index (χ1n) is 8.57. The van der Waals surface area contributed by atoms with Gasteiger partial charge in [0.25, 0.3) is 0 Å². The highest BCUT2D eigenvalue weighted by atomic mass is 15.3. The Morgan fingerprint density at radius 1 is 1.33 bits per heavy atom. The van der Waals surface area contributed by atoms with Crippen LogP contribution in [0.2, 0.25) is 0 Å². The first kappa shape index (κ1) is 16.5. The minimum atomic E-state index is 0.358. The number of hydrogen-bond acceptors (Lipinski definition) is 3. The van der Waals surface area contributed by atoms with Crippen molar-refractivity contribution in [2.75, 3.05) is 20.1 Å². The summed E-state index contributed by atoms with van der Waals surface area (Å²) in [5.41, 5.74) is 1.69. The van der Waals surface area contributed by atoms with Gasteiger partial charge < -0.3 is 5.32 Å². The second-order valence-corrected chi connectivity index (χ2v) is 6.31. The minimum absolute atomic E-state index is 0.358. The maximum absolute atomic E-state index is 4.29. The van der Waals surface area contributed by atoms with Crippen molar-refractivity contribution in [1.29, 1.82) is 0 Å². The monoisotopic (exact) mass is 292 g/mol. The first-order valence-corrected chi connectivity index (χ1v) is 8.57. The van der Waals surface area contributed by atoms with E-state index in [1.807, 2.05) is 17.9 Å². The van der Waals surface area contributed by atoms with Gasteiger partial charge >= 0.3 is 0 Å². The third-order valence-electron chi connectivity index (χ3n) is 5.47. The molecule has 2 rings (SSSR count). The van der Waals surface area contributed by atoms with Crippen LogP contribution in [0.5, 0.6) is 0 Å². The zero-order chi connectivity index (χ0) is 15.3. The molecular formula is C17H32N4. The molecule has 1 atom stereocenters. The lowest BCUT2D eigenvalue weighted by Gasteiger charge is -2.46. The molecule has 1 aliphatic carbocycles. The molecule has 120 valence electrons. The van der Waals surface area contributed by atoms with Crippen LogP contribution in [0.3, 0.4) is 0 Å². The molecule has 4 nitrogen and oxygen atoms in total. The Hall–Kier alpha value is -0.870. The van der Waals surface area contributed by atoms with E-state index >= 15 is 0 Å². The number of aromatic nitrogens is 2. The molecule has 1 fully saturated rings. The summed E-state index contributed by atoms with van der Waals surface area (Å²) in [6.07, 6.45) is 9.62. The number of hydrogen-bond donors (Lipinski definition) is 1. The Morgan fingerprint density at radius 2 is 2.00 bits per heavy atom. The van der Waals surface area contributed by atoms with Crippen molar-refractivity contribution in [3.63, 3.8) is 0 Å². The molecular weight excluding hydrogens is 260 g/mol. The van der Waals surface area contributed by atoms with Gasteiger partial charge in [0.2, 0.25) is 0 Å². The Kier molecular flexibility index (Phi) is 5.82. The van der Waals surface area contributed by atoms with E-state index in [0.717, 1.165) is 19.5 Å². The quantitative estimate of drug-likeness (QED) is 0.799. The van der Waals surface area contributed by atoms with Crippen molar-refractivity contribution in [3.8, 4) is 0 Å². The van der Waals surface area contributed by atoms with E-state index in [0.29, 0.717) is 11.6 Å². The summed E-state index contributed by atoms with van der Waals surface area (Å²) >= 11 is 0. The molecule has 4 heteroatoms. The Labute approximate surface area is 129 Å². The normalized spacial score (nSPS) is 19.3. The smallest absolute Gasteiger partial charge is 0.0492 e. The van der Waals surface area contributed by atoms with E-state index in [1.54, 1.807) is 0 Å². The van der Waals surface area contributed by atoms with Crippen LogP contribution in [0, 0.1) is 0 Å². The Morgan fingerprint density at radius 3 is 2.48 bits per heavy atom. The first-order chi connectivity index (χ1) is 10.2. The van der Waals surface area contributed by atoms with E-state index in [-0.39, 0.29) is 0 Å². The highest BCUT2D eigenvalue weighted by Gasteiger charge is 2.43. The lowest BCUT2D eigenvalue weighted by molar-refractivity contribution is 0.0625. The van der Waals surface area contributed by atoms with Crippen LogP contribution < -0.4 is 5.32 Å². The van der Waals surface area contributed by atoms with Gasteiger partial charge in [0.05, 0.1) is 0 Å². The number of rotatable bonds is 8. The highest BCUT2D eigenvalue weighted by molar-refractivity contribution is 5.06. The van der Waals surface area contributed by atoms with Crippen molar-refractivity contribution >= 4 is 0 Å². The fourth-order valence-electron chi connectivity index (χ4n) is 4.35. The molecule has 1 aromatic heterocycles. The number of nitrogens with one attached hydrogen (secondary N) is 1. The molecule has 0 aliphatic heterocycles. The molecule has 0 spiro atoms. The summed E-state index contributed by atoms with van der Waals surface area (Å²) in [6.45, 7) is 6.91. The van der Waals surface area contributed by atoms with E-state index in [4.69, 9.17) is 0 Å². The minimum Gasteiger partial charge on any atom is -0.315 e. The van der Waals surface area contributed by atoms with Crippen LogP contribution >= 0.6 is 0 Å². The van der Waals surface area contributed by atoms with Crippen LogP contribution in [-0.4, -0.2) is 46.4 Å². The summed E-state index contributed by atoms with van der Waals surface area (Å²) in [6, 6.07) is 2.71. The largest absolute Gasteiger partial charge is 0.315 e. The number of likely N-dealkylation sites (N-methyl/N-ethyl adjacent to an activating group) is 2. The van der Waals surface area contributed by atoms with Crippen LogP contribution in [-0.2, 0) is 13.5 Å². The fourth-order valence-corrected chi connectivity index (χ4v) is 4.35. The van der Waals surface area contributed by atoms with Gasteiger partial charge in [-0.05, 0) is 51.9 Å². The van der Waals surface area contributed by atoms with Crippen molar-refractivity contribution in [3.05, 3.63) is 18.0 Å². The Balaban J connectivity index is 2.10. The zero-order valence-electron chi connectivity index (χ0n) is 14.2. The third kappa shape index (κ3) is 3.32. The number of aryl methyl sites for hydroxylation is 2. The molecule has 0 saturated heterocycles. The van der Waals surface area contributed by atoms with Gasteiger partial charge in [-0.2, -0.15) is 5.10 Å². The maximum Gasteiger partial charge on any atom is 0.0492 e. The molecule has 0 radical (unpaired) electrons. The topological polar surface area (TPSA) is 33.1 Å². The predicted octanol–water partition coefficient (Wildman–Crippen LogP) is 2.60. The molecule has 21 heavy (non-hydrogen) atoms. The molecule has 0 amide bonds. The van der Waals surface area contributed by atoms with Crippen LogP contribution in [0.15, 0.2) is 12.3 Å². The van der Waals surface area contributed by atoms with Crippen molar-refractivity contribution < 1.29 is 0 Å². The Bertz CT molecular complexity index is 416. The van der Waals surface area contributed by atoms with Crippen LogP contribution in [0.1, 0.15) is 51.6 Å². The van der Waals surface area contributed by atoms with E-state index in [9.17, 15) is 0 Å². The lowest BCUT2D eigenvalue weighted by atomic mass is 9.83. The molecule has 1 unspecified atom stereocenters. The molecule has 1 aliphatic rings. The predicted molar refractivity (Wildman–Crippen MR) is 88.5 cm³/mol. The van der Waals surface area contributed by atoms with E-state index in [2.05, 4.69) is 42.3 Å². The zero-order valence-corrected chi connectivity index (χ0v) is 14.2. The van der Waals surface area contributed by atoms with Gasteiger partial charge in [-0.3, -0.25) is 9.58 Å². The third-order valence-corrected chi connectivity index (χ3v) is 5.47. The molecule has 1 heterocycles. The SMILES string of the molecule is CCN(CC)C1(C(CCc2ccnn2C)NC)CCCC1. The summed E-state index contributed by atoms with van der Waals surface area (Å²) in [5, 5.41) is 7.93. The van der Waals surface area contributed by atoms with Gasteiger partial charge in [-0.15, -0.1) is 0 Å². The van der Waals surface area contributed by atoms with Crippen molar-refractivity contribution in [2.24, 2.45) is 7.05 Å². The van der Waals surface area contributed by atoms with E-state index < -0.39 is 0 Å². The van der Waals surface area contributed by atoms with Crippen molar-refractivity contribution in [1.82, 2.24) is 20.0 Å². The van der Waals surface area contributed by atoms with E-state index in [1.165, 1.54) is 37.8 Å². The highest BCUT2D eigenvalue weighted by Crippen LogP contribution is 2.39. The summed E-state index contributed by atoms with van der Waals surface area (Å²) in [5.74, 6) is 0. The fraction of sp³-hybridized carbons (Fsp3) is 0.824. The summed E-state index contributed by atoms with van der Waals surface area (Å²) < 4.78 is 2.01. The van der Waals surface area contributed by atoms with Gasteiger partial charge in [0, 0.05) is 30.5 Å². The molecule has 0 aromatic carbocycles. The molecule has 1 aromatic rings. The number of nitrogens with zero attached hydrogens (tertiary/aromatic N) is 3. The van der Waals surface area contributed by atoms with Gasteiger partial charge in [0.1, 0.15) is 0 Å². The molecule has 1 saturated carbocycles. The average molecular weight is 292 g/mol. The molecule has 1 N–H and O–H groups in total. The molecule has 0 bridgehead atoms. The summed E-state index contributed by atoms with van der Waals surface area (Å²) in [4.78, 5) is 2.70. The summed E-state index contributed by atoms with van der Waals surface area (Å²) in [7, 11) is 4.18. The maximum atomic E-state index is 4.29. The van der Waals surface area contributed by atoms with Gasteiger partial charge in [-0.1, -0.05) is 26.7 Å². The van der Waals surface area contributed by atoms with Crippen LogP contribution in [0.25, 0.3) is 0 Å². The van der Waals surface area contributed by atoms with Crippen LogP contribution in [0.4, 0.5) is 0 Å². The average Bonchev–Trinajstić information content (AvgIpc) is 3.12. The van der Waals surface area contributed by atoms with Gasteiger partial charge in [-0.25, -0.2) is 0 Å². The second-order valence-electron chi connectivity index (χ2n) is 6.31. The second kappa shape index (κ2) is 7.41. The van der Waals surface area contributed by atoms with Crippen molar-refractivity contribution in [2.45, 2.75) is 64.0 Å². The lowest BCUT2D eigenvalue weighted by Crippen LogP contribution is -2.59.